The molecule has 1 rings (SSSR count). The molecule has 0 spiro atoms. The van der Waals surface area contributed by atoms with E-state index in [9.17, 15) is 14.0 Å². The van der Waals surface area contributed by atoms with Gasteiger partial charge < -0.3 is 26.6 Å². The Balaban J connectivity index is 3.03. The first-order valence-corrected chi connectivity index (χ1v) is 6.67. The lowest BCUT2D eigenvalue weighted by atomic mass is 10.1. The van der Waals surface area contributed by atoms with Crippen molar-refractivity contribution in [3.63, 3.8) is 0 Å². The van der Waals surface area contributed by atoms with Crippen molar-refractivity contribution < 1.29 is 14.0 Å². The van der Waals surface area contributed by atoms with Crippen LogP contribution in [0.15, 0.2) is 24.4 Å². The second-order valence-corrected chi connectivity index (χ2v) is 4.58. The van der Waals surface area contributed by atoms with Gasteiger partial charge in [0.05, 0.1) is 11.7 Å². The third-order valence-corrected chi connectivity index (χ3v) is 2.94. The predicted molar refractivity (Wildman–Crippen MR) is 81.5 cm³/mol. The quantitative estimate of drug-likeness (QED) is 0.306. The van der Waals surface area contributed by atoms with E-state index < -0.39 is 17.8 Å². The Morgan fingerprint density at radius 3 is 2.59 bits per heavy atom. The van der Waals surface area contributed by atoms with Crippen LogP contribution in [-0.2, 0) is 4.79 Å². The van der Waals surface area contributed by atoms with E-state index in [0.29, 0.717) is 24.1 Å². The number of rotatable bonds is 7. The minimum atomic E-state index is -0.809. The Morgan fingerprint density at radius 1 is 1.41 bits per heavy atom. The summed E-state index contributed by atoms with van der Waals surface area (Å²) in [7, 11) is 0. The molecule has 7 nitrogen and oxygen atoms in total. The first-order chi connectivity index (χ1) is 10.4. The Labute approximate surface area is 127 Å². The molecule has 1 aromatic carbocycles. The fraction of sp³-hybridized carbons (Fsp3) is 0.286. The van der Waals surface area contributed by atoms with E-state index in [1.807, 2.05) is 0 Å². The minimum Gasteiger partial charge on any atom is -0.403 e. The van der Waals surface area contributed by atoms with Gasteiger partial charge in [-0.15, -0.1) is 0 Å². The van der Waals surface area contributed by atoms with Crippen molar-refractivity contribution in [3.8, 4) is 0 Å². The zero-order chi connectivity index (χ0) is 16.7. The summed E-state index contributed by atoms with van der Waals surface area (Å²) in [5.74, 6) is 4.61. The lowest BCUT2D eigenvalue weighted by Gasteiger charge is -2.20. The maximum atomic E-state index is 13.7. The summed E-state index contributed by atoms with van der Waals surface area (Å²) in [6.07, 6.45) is 1.75. The van der Waals surface area contributed by atoms with E-state index in [1.165, 1.54) is 23.3 Å². The average molecular weight is 309 g/mol. The highest BCUT2D eigenvalue weighted by Gasteiger charge is 2.14. The number of carbonyl (C=O) groups excluding carboxylic acids is 2. The maximum Gasteiger partial charge on any atom is 0.251 e. The molecule has 8 heteroatoms. The molecule has 120 valence electrons. The van der Waals surface area contributed by atoms with Crippen LogP contribution in [0.25, 0.3) is 5.70 Å². The molecule has 0 heterocycles. The molecule has 0 aliphatic heterocycles. The van der Waals surface area contributed by atoms with Crippen LogP contribution in [0, 0.1) is 5.82 Å². The zero-order valence-corrected chi connectivity index (χ0v) is 12.3. The zero-order valence-electron chi connectivity index (χ0n) is 12.3. The number of amides is 1. The Hall–Kier alpha value is -2.45. The van der Waals surface area contributed by atoms with Crippen LogP contribution < -0.4 is 22.6 Å². The number of nitrogens with one attached hydrogen (secondary N) is 1. The van der Waals surface area contributed by atoms with Gasteiger partial charge in [0.1, 0.15) is 12.1 Å². The first kappa shape index (κ1) is 17.6. The van der Waals surface area contributed by atoms with Gasteiger partial charge in [0, 0.05) is 30.4 Å². The van der Waals surface area contributed by atoms with E-state index in [1.54, 1.807) is 6.92 Å². The SMILES string of the molecule is CCN(N)/C(=C\N)c1cc(F)cc(C(=O)NC[C@@H](N)C=O)c1. The molecule has 1 amide bonds. The van der Waals surface area contributed by atoms with Gasteiger partial charge in [-0.05, 0) is 25.1 Å². The van der Waals surface area contributed by atoms with Crippen molar-refractivity contribution in [1.82, 2.24) is 10.3 Å². The van der Waals surface area contributed by atoms with Gasteiger partial charge in [0.15, 0.2) is 0 Å². The Bertz CT molecular complexity index is 576. The molecule has 22 heavy (non-hydrogen) atoms. The van der Waals surface area contributed by atoms with Crippen molar-refractivity contribution in [2.45, 2.75) is 13.0 Å². The standard InChI is InChI=1S/C14H20FN5O2/c1-2-20(18)13(6-16)9-3-10(5-11(15)4-9)14(22)19-7-12(17)8-21/h3-6,8,12H,2,7,16-18H2,1H3,(H,19,22)/b13-6-/t12-/m1/s1. The number of aldehydes is 1. The fourth-order valence-electron chi connectivity index (χ4n) is 1.76. The predicted octanol–water partition coefficient (Wildman–Crippen LogP) is -0.466. The second-order valence-electron chi connectivity index (χ2n) is 4.58. The summed E-state index contributed by atoms with van der Waals surface area (Å²) in [6.45, 7) is 2.22. The van der Waals surface area contributed by atoms with Crippen LogP contribution >= 0.6 is 0 Å². The normalized spacial score (nSPS) is 12.6. The van der Waals surface area contributed by atoms with Crippen LogP contribution in [0.1, 0.15) is 22.8 Å². The molecule has 1 atom stereocenters. The first-order valence-electron chi connectivity index (χ1n) is 6.67. The molecule has 0 unspecified atom stereocenters. The summed E-state index contributed by atoms with van der Waals surface area (Å²) >= 11 is 0. The van der Waals surface area contributed by atoms with Crippen molar-refractivity contribution in [3.05, 3.63) is 41.3 Å². The van der Waals surface area contributed by atoms with Gasteiger partial charge in [0.25, 0.3) is 5.91 Å². The van der Waals surface area contributed by atoms with Gasteiger partial charge in [-0.2, -0.15) is 0 Å². The number of benzene rings is 1. The van der Waals surface area contributed by atoms with Crippen LogP contribution in [0.4, 0.5) is 4.39 Å². The smallest absolute Gasteiger partial charge is 0.251 e. The largest absolute Gasteiger partial charge is 0.403 e. The van der Waals surface area contributed by atoms with Crippen molar-refractivity contribution in [2.24, 2.45) is 17.3 Å². The fourth-order valence-corrected chi connectivity index (χ4v) is 1.76. The summed E-state index contributed by atoms with van der Waals surface area (Å²) in [5.41, 5.74) is 11.7. The summed E-state index contributed by atoms with van der Waals surface area (Å²) in [6, 6.07) is 2.95. The van der Waals surface area contributed by atoms with Gasteiger partial charge >= 0.3 is 0 Å². The number of nitrogens with two attached hydrogens (primary N) is 3. The Kier molecular flexibility index (Phi) is 6.48. The topological polar surface area (TPSA) is 127 Å². The van der Waals surface area contributed by atoms with Crippen LogP contribution in [0.5, 0.6) is 0 Å². The van der Waals surface area contributed by atoms with Crippen LogP contribution in [0.2, 0.25) is 0 Å². The highest BCUT2D eigenvalue weighted by molar-refractivity contribution is 5.95. The van der Waals surface area contributed by atoms with Crippen LogP contribution in [-0.4, -0.2) is 36.3 Å². The molecule has 0 aromatic heterocycles. The Morgan fingerprint density at radius 2 is 2.05 bits per heavy atom. The number of halogens is 1. The van der Waals surface area contributed by atoms with E-state index in [2.05, 4.69) is 5.32 Å². The molecule has 0 bridgehead atoms. The molecule has 0 fully saturated rings. The molecule has 0 aliphatic carbocycles. The van der Waals surface area contributed by atoms with Gasteiger partial charge in [-0.1, -0.05) is 0 Å². The molecule has 0 saturated heterocycles. The lowest BCUT2D eigenvalue weighted by Crippen LogP contribution is -2.38. The third kappa shape index (κ3) is 4.54. The lowest BCUT2D eigenvalue weighted by molar-refractivity contribution is -0.108. The van der Waals surface area contributed by atoms with E-state index in [4.69, 9.17) is 17.3 Å². The monoisotopic (exact) mass is 309 g/mol. The number of hydrogen-bond acceptors (Lipinski definition) is 6. The van der Waals surface area contributed by atoms with Crippen molar-refractivity contribution >= 4 is 17.9 Å². The van der Waals surface area contributed by atoms with Crippen molar-refractivity contribution in [1.29, 1.82) is 0 Å². The average Bonchev–Trinajstić information content (AvgIpc) is 2.52. The maximum absolute atomic E-state index is 13.7. The summed E-state index contributed by atoms with van der Waals surface area (Å²) in [4.78, 5) is 22.4. The van der Waals surface area contributed by atoms with E-state index >= 15 is 0 Å². The molecule has 0 saturated carbocycles. The minimum absolute atomic E-state index is 0.0360. The summed E-state index contributed by atoms with van der Waals surface area (Å²) in [5, 5.41) is 3.78. The van der Waals surface area contributed by atoms with Gasteiger partial charge in [0.2, 0.25) is 0 Å². The number of nitrogens with zero attached hydrogens (tertiary/aromatic N) is 1. The second kappa shape index (κ2) is 8.11. The van der Waals surface area contributed by atoms with Crippen LogP contribution in [0.3, 0.4) is 0 Å². The number of hydrogen-bond donors (Lipinski definition) is 4. The molecule has 0 aliphatic rings. The number of hydrazine groups is 1. The molecule has 1 aromatic rings. The molecule has 0 radical (unpaired) electrons. The van der Waals surface area contributed by atoms with Crippen molar-refractivity contribution in [2.75, 3.05) is 13.1 Å². The molecular formula is C14H20FN5O2. The third-order valence-electron chi connectivity index (χ3n) is 2.94. The van der Waals surface area contributed by atoms with Gasteiger partial charge in [-0.25, -0.2) is 10.2 Å². The molecular weight excluding hydrogens is 289 g/mol. The molecule has 7 N–H and O–H groups in total. The number of carbonyl (C=O) groups is 2. The summed E-state index contributed by atoms with van der Waals surface area (Å²) < 4.78 is 13.7. The van der Waals surface area contributed by atoms with E-state index in [-0.39, 0.29) is 12.1 Å². The highest BCUT2D eigenvalue weighted by atomic mass is 19.1. The van der Waals surface area contributed by atoms with E-state index in [0.717, 1.165) is 6.07 Å². The highest BCUT2D eigenvalue weighted by Crippen LogP contribution is 2.19. The van der Waals surface area contributed by atoms with Gasteiger partial charge in [-0.3, -0.25) is 4.79 Å².